The maximum Gasteiger partial charge on any atom is 0.304 e. The van der Waals surface area contributed by atoms with Gasteiger partial charge in [-0.25, -0.2) is 0 Å². The Kier molecular flexibility index (Phi) is 27.2. The highest BCUT2D eigenvalue weighted by Gasteiger charge is 2.01. The van der Waals surface area contributed by atoms with Crippen molar-refractivity contribution in [1.82, 2.24) is 0 Å². The summed E-state index contributed by atoms with van der Waals surface area (Å²) in [7, 11) is 0. The summed E-state index contributed by atoms with van der Waals surface area (Å²) in [5, 5.41) is 0. The van der Waals surface area contributed by atoms with Crippen molar-refractivity contribution in [3.8, 4) is 0 Å². The highest BCUT2D eigenvalue weighted by molar-refractivity contribution is 7.75. The van der Waals surface area contributed by atoms with Crippen LogP contribution in [-0.2, 0) is 19.7 Å². The Labute approximate surface area is 192 Å². The summed E-state index contributed by atoms with van der Waals surface area (Å²) >= 11 is -1.55. The van der Waals surface area contributed by atoms with E-state index in [0.29, 0.717) is 13.2 Å². The predicted octanol–water partition coefficient (Wildman–Crippen LogP) is 9.22. The molecule has 0 spiro atoms. The first-order valence-corrected chi connectivity index (χ1v) is 14.5. The molecule has 0 N–H and O–H groups in total. The van der Waals surface area contributed by atoms with Crippen LogP contribution in [0.4, 0.5) is 0 Å². The van der Waals surface area contributed by atoms with Gasteiger partial charge in [-0.05, 0) is 12.8 Å². The zero-order valence-electron chi connectivity index (χ0n) is 20.6. The molecule has 0 bridgehead atoms. The lowest BCUT2D eigenvalue weighted by Gasteiger charge is -2.05. The molecule has 0 fully saturated rings. The monoisotopic (exact) mass is 446 g/mol. The van der Waals surface area contributed by atoms with Crippen LogP contribution in [-0.4, -0.2) is 17.4 Å². The van der Waals surface area contributed by atoms with Crippen LogP contribution in [0.25, 0.3) is 0 Å². The molecular weight excluding hydrogens is 392 g/mol. The molecule has 0 saturated carbocycles. The third-order valence-corrected chi connectivity index (χ3v) is 6.57. The molecule has 0 atom stereocenters. The van der Waals surface area contributed by atoms with Crippen LogP contribution in [0.2, 0.25) is 0 Å². The van der Waals surface area contributed by atoms with Gasteiger partial charge < -0.3 is 0 Å². The van der Waals surface area contributed by atoms with Gasteiger partial charge in [0.05, 0.1) is 13.2 Å². The summed E-state index contributed by atoms with van der Waals surface area (Å²) < 4.78 is 22.2. The molecule has 0 radical (unpaired) electrons. The van der Waals surface area contributed by atoms with Gasteiger partial charge in [0.2, 0.25) is 0 Å². The molecule has 0 aromatic rings. The Morgan fingerprint density at radius 2 is 0.633 bits per heavy atom. The molecule has 0 unspecified atom stereocenters. The van der Waals surface area contributed by atoms with E-state index in [-0.39, 0.29) is 0 Å². The van der Waals surface area contributed by atoms with E-state index in [1.165, 1.54) is 128 Å². The average Bonchev–Trinajstić information content (AvgIpc) is 2.75. The number of hydrogen-bond acceptors (Lipinski definition) is 3. The van der Waals surface area contributed by atoms with E-state index in [4.69, 9.17) is 8.37 Å². The van der Waals surface area contributed by atoms with Crippen LogP contribution < -0.4 is 0 Å². The molecule has 0 heterocycles. The summed E-state index contributed by atoms with van der Waals surface area (Å²) in [6, 6.07) is 0. The maximum atomic E-state index is 11.7. The van der Waals surface area contributed by atoms with Crippen molar-refractivity contribution in [3.05, 3.63) is 0 Å². The van der Waals surface area contributed by atoms with Gasteiger partial charge >= 0.3 is 11.4 Å². The van der Waals surface area contributed by atoms with Crippen LogP contribution in [0.1, 0.15) is 155 Å². The SMILES string of the molecule is CCCCCCCCCCCCCOS(=O)OCCCCCCCCCCCCC. The Morgan fingerprint density at radius 3 is 0.900 bits per heavy atom. The minimum atomic E-state index is -1.55. The van der Waals surface area contributed by atoms with E-state index < -0.39 is 11.4 Å². The van der Waals surface area contributed by atoms with Crippen molar-refractivity contribution >= 4 is 11.4 Å². The van der Waals surface area contributed by atoms with Gasteiger partial charge in [-0.2, -0.15) is 4.21 Å². The van der Waals surface area contributed by atoms with Gasteiger partial charge in [-0.15, -0.1) is 0 Å². The van der Waals surface area contributed by atoms with E-state index in [9.17, 15) is 4.21 Å². The van der Waals surface area contributed by atoms with E-state index >= 15 is 0 Å². The zero-order chi connectivity index (χ0) is 22.0. The van der Waals surface area contributed by atoms with E-state index in [0.717, 1.165) is 12.8 Å². The minimum absolute atomic E-state index is 0.557. The van der Waals surface area contributed by atoms with Gasteiger partial charge in [0, 0.05) is 0 Å². The summed E-state index contributed by atoms with van der Waals surface area (Å²) in [6.45, 7) is 5.65. The maximum absolute atomic E-state index is 11.7. The Bertz CT molecular complexity index is 306. The molecule has 182 valence electrons. The summed E-state index contributed by atoms with van der Waals surface area (Å²) in [5.74, 6) is 0. The molecule has 3 nitrogen and oxygen atoms in total. The summed E-state index contributed by atoms with van der Waals surface area (Å²) in [6.07, 6.45) is 28.9. The quantitative estimate of drug-likeness (QED) is 0.124. The second kappa shape index (κ2) is 27.1. The van der Waals surface area contributed by atoms with Crippen molar-refractivity contribution in [2.24, 2.45) is 0 Å². The van der Waals surface area contributed by atoms with Crippen molar-refractivity contribution in [2.75, 3.05) is 13.2 Å². The highest BCUT2D eigenvalue weighted by atomic mass is 32.2. The van der Waals surface area contributed by atoms with Crippen LogP contribution in [0.15, 0.2) is 0 Å². The molecule has 0 saturated heterocycles. The Morgan fingerprint density at radius 1 is 0.400 bits per heavy atom. The lowest BCUT2D eigenvalue weighted by atomic mass is 10.1. The third-order valence-electron chi connectivity index (χ3n) is 5.85. The molecule has 0 amide bonds. The average molecular weight is 447 g/mol. The number of rotatable bonds is 26. The second-order valence-corrected chi connectivity index (χ2v) is 9.80. The molecule has 0 aliphatic rings. The fourth-order valence-electron chi connectivity index (χ4n) is 3.82. The van der Waals surface area contributed by atoms with Gasteiger partial charge in [-0.1, -0.05) is 142 Å². The van der Waals surface area contributed by atoms with Gasteiger partial charge in [0.1, 0.15) is 0 Å². The molecule has 0 aromatic heterocycles. The number of hydrogen-bond donors (Lipinski definition) is 0. The first kappa shape index (κ1) is 30.1. The van der Waals surface area contributed by atoms with E-state index in [2.05, 4.69) is 13.8 Å². The minimum Gasteiger partial charge on any atom is -0.268 e. The largest absolute Gasteiger partial charge is 0.304 e. The smallest absolute Gasteiger partial charge is 0.268 e. The van der Waals surface area contributed by atoms with E-state index in [1.807, 2.05) is 0 Å². The Balaban J connectivity index is 3.14. The summed E-state index contributed by atoms with van der Waals surface area (Å²) in [4.78, 5) is 0. The van der Waals surface area contributed by atoms with Crippen molar-refractivity contribution < 1.29 is 12.6 Å². The molecular formula is C26H54O3S. The second-order valence-electron chi connectivity index (χ2n) is 8.92. The lowest BCUT2D eigenvalue weighted by molar-refractivity contribution is 0.240. The van der Waals surface area contributed by atoms with Crippen molar-refractivity contribution in [1.29, 1.82) is 0 Å². The summed E-state index contributed by atoms with van der Waals surface area (Å²) in [5.41, 5.74) is 0. The highest BCUT2D eigenvalue weighted by Crippen LogP contribution is 2.12. The zero-order valence-corrected chi connectivity index (χ0v) is 21.4. The molecule has 0 aliphatic heterocycles. The van der Waals surface area contributed by atoms with Gasteiger partial charge in [0.15, 0.2) is 0 Å². The van der Waals surface area contributed by atoms with Crippen LogP contribution >= 0.6 is 0 Å². The van der Waals surface area contributed by atoms with Gasteiger partial charge in [0.25, 0.3) is 0 Å². The van der Waals surface area contributed by atoms with Crippen molar-refractivity contribution in [3.63, 3.8) is 0 Å². The van der Waals surface area contributed by atoms with Crippen LogP contribution in [0, 0.1) is 0 Å². The van der Waals surface area contributed by atoms with Crippen LogP contribution in [0.3, 0.4) is 0 Å². The third kappa shape index (κ3) is 26.1. The number of unbranched alkanes of at least 4 members (excludes halogenated alkanes) is 20. The normalized spacial score (nSPS) is 11.6. The fourth-order valence-corrected chi connectivity index (χ4v) is 4.40. The van der Waals surface area contributed by atoms with Crippen LogP contribution in [0.5, 0.6) is 0 Å². The first-order valence-electron chi connectivity index (χ1n) is 13.5. The molecule has 0 aromatic carbocycles. The standard InChI is InChI=1S/C26H54O3S/c1-3-5-7-9-11-13-15-17-19-21-23-25-28-30(27)29-26-24-22-20-18-16-14-12-10-8-6-4-2/h3-26H2,1-2H3. The predicted molar refractivity (Wildman–Crippen MR) is 133 cm³/mol. The van der Waals surface area contributed by atoms with E-state index in [1.54, 1.807) is 0 Å². The first-order chi connectivity index (χ1) is 14.8. The molecule has 0 aliphatic carbocycles. The van der Waals surface area contributed by atoms with Crippen molar-refractivity contribution in [2.45, 2.75) is 155 Å². The van der Waals surface area contributed by atoms with Gasteiger partial charge in [-0.3, -0.25) is 8.37 Å². The molecule has 4 heteroatoms. The fraction of sp³-hybridized carbons (Fsp3) is 1.00. The topological polar surface area (TPSA) is 35.5 Å². The molecule has 30 heavy (non-hydrogen) atoms. The molecule has 0 rings (SSSR count). The lowest BCUT2D eigenvalue weighted by Crippen LogP contribution is -2.05. The Hall–Kier alpha value is 0.0700.